The lowest BCUT2D eigenvalue weighted by atomic mass is 10.0. The largest absolute Gasteiger partial charge is 0.418 e. The van der Waals surface area contributed by atoms with Gasteiger partial charge < -0.3 is 19.6 Å². The van der Waals surface area contributed by atoms with E-state index >= 15 is 0 Å². The lowest BCUT2D eigenvalue weighted by Crippen LogP contribution is -2.55. The molecule has 1 aliphatic heterocycles. The number of para-hydroxylation sites is 1. The van der Waals surface area contributed by atoms with Crippen LogP contribution in [0.4, 0.5) is 6.01 Å². The van der Waals surface area contributed by atoms with Crippen molar-refractivity contribution in [2.45, 2.75) is 58.2 Å². The summed E-state index contributed by atoms with van der Waals surface area (Å²) in [5, 5.41) is 4.37. The third kappa shape index (κ3) is 4.61. The molecule has 0 bridgehead atoms. The van der Waals surface area contributed by atoms with Crippen LogP contribution in [0.5, 0.6) is 0 Å². The molecule has 2 aromatic heterocycles. The number of oxazole rings is 1. The van der Waals surface area contributed by atoms with Gasteiger partial charge in [-0.05, 0) is 45.4 Å². The highest BCUT2D eigenvalue weighted by Crippen LogP contribution is 2.23. The van der Waals surface area contributed by atoms with Gasteiger partial charge in [-0.15, -0.1) is 0 Å². The first-order valence-corrected chi connectivity index (χ1v) is 11.2. The molecule has 31 heavy (non-hydrogen) atoms. The van der Waals surface area contributed by atoms with E-state index in [4.69, 9.17) is 4.42 Å². The van der Waals surface area contributed by atoms with Gasteiger partial charge in [-0.1, -0.05) is 31.5 Å². The molecule has 1 aromatic carbocycles. The number of benzene rings is 1. The van der Waals surface area contributed by atoms with Crippen LogP contribution in [-0.4, -0.2) is 59.0 Å². The fraction of sp³-hybridized carbons (Fsp3) is 0.500. The van der Waals surface area contributed by atoms with Crippen LogP contribution in [-0.2, 0) is 6.42 Å². The zero-order valence-electron chi connectivity index (χ0n) is 18.9. The first-order chi connectivity index (χ1) is 15.0. The van der Waals surface area contributed by atoms with Crippen LogP contribution in [0.2, 0.25) is 0 Å². The van der Waals surface area contributed by atoms with Gasteiger partial charge in [0, 0.05) is 48.3 Å². The summed E-state index contributed by atoms with van der Waals surface area (Å²) in [6.45, 7) is 8.19. The van der Waals surface area contributed by atoms with Gasteiger partial charge >= 0.3 is 0 Å². The van der Waals surface area contributed by atoms with Crippen molar-refractivity contribution in [2.24, 2.45) is 0 Å². The fourth-order valence-corrected chi connectivity index (χ4v) is 4.47. The van der Waals surface area contributed by atoms with Crippen molar-refractivity contribution in [2.75, 3.05) is 25.0 Å². The standard InChI is InChI=1S/C24H33N5O2/c1-5-8-19(11-18-12-25-21-10-7-6-9-20(18)21)27-23(30)22-13-26-24(31-22)29-14-16(2)28(4)17(3)15-29/h6-7,9-10,12-13,16-17,19,25H,5,8,11,14-15H2,1-4H3,(H,27,30)/t16-,17+,19?. The molecule has 0 saturated carbocycles. The highest BCUT2D eigenvalue weighted by molar-refractivity contribution is 5.91. The topological polar surface area (TPSA) is 77.4 Å². The van der Waals surface area contributed by atoms with E-state index in [0.29, 0.717) is 18.1 Å². The summed E-state index contributed by atoms with van der Waals surface area (Å²) in [6, 6.07) is 9.63. The molecule has 1 aliphatic rings. The zero-order chi connectivity index (χ0) is 22.0. The Bertz CT molecular complexity index is 1010. The van der Waals surface area contributed by atoms with E-state index in [-0.39, 0.29) is 17.7 Å². The molecule has 1 amide bonds. The highest BCUT2D eigenvalue weighted by atomic mass is 16.4. The molecule has 1 unspecified atom stereocenters. The minimum Gasteiger partial charge on any atom is -0.418 e. The molecular formula is C24H33N5O2. The van der Waals surface area contributed by atoms with Gasteiger partial charge in [-0.3, -0.25) is 9.69 Å². The second-order valence-corrected chi connectivity index (χ2v) is 8.80. The Kier molecular flexibility index (Phi) is 6.32. The van der Waals surface area contributed by atoms with Crippen LogP contribution < -0.4 is 10.2 Å². The number of amides is 1. The number of anilines is 1. The van der Waals surface area contributed by atoms with E-state index < -0.39 is 0 Å². The van der Waals surface area contributed by atoms with Crippen molar-refractivity contribution >= 4 is 22.8 Å². The fourth-order valence-electron chi connectivity index (χ4n) is 4.47. The van der Waals surface area contributed by atoms with Crippen LogP contribution in [0, 0.1) is 0 Å². The Balaban J connectivity index is 1.43. The second-order valence-electron chi connectivity index (χ2n) is 8.80. The molecule has 1 fully saturated rings. The minimum absolute atomic E-state index is 0.0361. The predicted molar refractivity (Wildman–Crippen MR) is 124 cm³/mol. The van der Waals surface area contributed by atoms with Crippen molar-refractivity contribution in [3.63, 3.8) is 0 Å². The maximum atomic E-state index is 12.9. The lowest BCUT2D eigenvalue weighted by molar-refractivity contribution is 0.0906. The van der Waals surface area contributed by atoms with Crippen molar-refractivity contribution in [3.8, 4) is 0 Å². The molecule has 0 radical (unpaired) electrons. The summed E-state index contributed by atoms with van der Waals surface area (Å²) in [4.78, 5) is 25.1. The molecule has 0 aliphatic carbocycles. The third-order valence-electron chi connectivity index (χ3n) is 6.46. The molecular weight excluding hydrogens is 390 g/mol. The number of carbonyl (C=O) groups is 1. The van der Waals surface area contributed by atoms with Crippen molar-refractivity contribution in [3.05, 3.63) is 48.0 Å². The number of hydrogen-bond donors (Lipinski definition) is 2. The number of aromatic nitrogens is 2. The first kappa shape index (κ1) is 21.4. The van der Waals surface area contributed by atoms with E-state index in [0.717, 1.165) is 37.9 Å². The number of likely N-dealkylation sites (N-methyl/N-ethyl adjacent to an activating group) is 1. The molecule has 3 aromatic rings. The number of aromatic amines is 1. The van der Waals surface area contributed by atoms with Crippen LogP contribution in [0.25, 0.3) is 10.9 Å². The molecule has 3 atom stereocenters. The molecule has 4 rings (SSSR count). The summed E-state index contributed by atoms with van der Waals surface area (Å²) in [5.74, 6) is 0.0709. The quantitative estimate of drug-likeness (QED) is 0.604. The predicted octanol–water partition coefficient (Wildman–Crippen LogP) is 3.83. The lowest BCUT2D eigenvalue weighted by Gasteiger charge is -2.41. The first-order valence-electron chi connectivity index (χ1n) is 11.2. The number of carbonyl (C=O) groups excluding carboxylic acids is 1. The number of piperazine rings is 1. The number of rotatable bonds is 7. The van der Waals surface area contributed by atoms with Crippen molar-refractivity contribution in [1.82, 2.24) is 20.2 Å². The molecule has 7 nitrogen and oxygen atoms in total. The molecule has 7 heteroatoms. The molecule has 166 valence electrons. The average molecular weight is 424 g/mol. The van der Waals surface area contributed by atoms with E-state index in [2.05, 4.69) is 65.0 Å². The minimum atomic E-state index is -0.202. The van der Waals surface area contributed by atoms with Crippen molar-refractivity contribution in [1.29, 1.82) is 0 Å². The van der Waals surface area contributed by atoms with Gasteiger partial charge in [0.15, 0.2) is 0 Å². The smallest absolute Gasteiger partial charge is 0.298 e. The Hall–Kier alpha value is -2.80. The van der Waals surface area contributed by atoms with Crippen LogP contribution >= 0.6 is 0 Å². The van der Waals surface area contributed by atoms with Gasteiger partial charge in [-0.25, -0.2) is 4.98 Å². The molecule has 2 N–H and O–H groups in total. The van der Waals surface area contributed by atoms with E-state index in [1.165, 1.54) is 10.9 Å². The van der Waals surface area contributed by atoms with Gasteiger partial charge in [-0.2, -0.15) is 0 Å². The average Bonchev–Trinajstić information content (AvgIpc) is 3.40. The summed E-state index contributed by atoms with van der Waals surface area (Å²) in [7, 11) is 2.14. The van der Waals surface area contributed by atoms with Gasteiger partial charge in [0.05, 0.1) is 6.20 Å². The third-order valence-corrected chi connectivity index (χ3v) is 6.46. The Morgan fingerprint density at radius 3 is 2.77 bits per heavy atom. The molecule has 1 saturated heterocycles. The van der Waals surface area contributed by atoms with Crippen LogP contribution in [0.3, 0.4) is 0 Å². The monoisotopic (exact) mass is 423 g/mol. The zero-order valence-corrected chi connectivity index (χ0v) is 18.9. The van der Waals surface area contributed by atoms with Crippen molar-refractivity contribution < 1.29 is 9.21 Å². The van der Waals surface area contributed by atoms with Crippen LogP contribution in [0.15, 0.2) is 41.1 Å². The summed E-state index contributed by atoms with van der Waals surface area (Å²) in [6.07, 6.45) is 6.26. The summed E-state index contributed by atoms with van der Waals surface area (Å²) < 4.78 is 5.88. The number of nitrogens with zero attached hydrogens (tertiary/aromatic N) is 3. The maximum Gasteiger partial charge on any atom is 0.298 e. The number of nitrogens with one attached hydrogen (secondary N) is 2. The number of H-pyrrole nitrogens is 1. The second kappa shape index (κ2) is 9.14. The Morgan fingerprint density at radius 2 is 2.03 bits per heavy atom. The maximum absolute atomic E-state index is 12.9. The Labute approximate surface area is 183 Å². The Morgan fingerprint density at radius 1 is 1.29 bits per heavy atom. The van der Waals surface area contributed by atoms with Crippen LogP contribution in [0.1, 0.15) is 49.7 Å². The normalized spacial score (nSPS) is 20.8. The summed E-state index contributed by atoms with van der Waals surface area (Å²) >= 11 is 0. The molecule has 0 spiro atoms. The summed E-state index contributed by atoms with van der Waals surface area (Å²) in [5.41, 5.74) is 2.34. The van der Waals surface area contributed by atoms with Gasteiger partial charge in [0.25, 0.3) is 11.9 Å². The SMILES string of the molecule is CCCC(Cc1c[nH]c2ccccc12)NC(=O)c1cnc(N2C[C@@H](C)N(C)[C@@H](C)C2)o1. The number of hydrogen-bond acceptors (Lipinski definition) is 5. The van der Waals surface area contributed by atoms with E-state index in [1.807, 2.05) is 18.3 Å². The van der Waals surface area contributed by atoms with E-state index in [9.17, 15) is 4.79 Å². The molecule has 3 heterocycles. The highest BCUT2D eigenvalue weighted by Gasteiger charge is 2.29. The van der Waals surface area contributed by atoms with Gasteiger partial charge in [0.2, 0.25) is 5.76 Å². The number of fused-ring (bicyclic) bond motifs is 1. The van der Waals surface area contributed by atoms with E-state index in [1.54, 1.807) is 6.20 Å². The van der Waals surface area contributed by atoms with Gasteiger partial charge in [0.1, 0.15) is 0 Å².